The molecular weight excluding hydrogens is 444 g/mol. The van der Waals surface area contributed by atoms with Gasteiger partial charge in [0.1, 0.15) is 23.0 Å². The van der Waals surface area contributed by atoms with Crippen LogP contribution in [0.5, 0.6) is 11.7 Å². The van der Waals surface area contributed by atoms with E-state index in [-0.39, 0.29) is 11.6 Å². The third-order valence-electron chi connectivity index (χ3n) is 5.03. The highest BCUT2D eigenvalue weighted by Gasteiger charge is 2.19. The lowest BCUT2D eigenvalue weighted by molar-refractivity contribution is 0.203. The number of hydrogen-bond donors (Lipinski definition) is 2. The van der Waals surface area contributed by atoms with E-state index < -0.39 is 17.7 Å². The summed E-state index contributed by atoms with van der Waals surface area (Å²) in [5, 5.41) is 6.25. The Hall–Kier alpha value is -3.98. The molecule has 0 bridgehead atoms. The molecule has 0 aliphatic carbocycles. The molecule has 0 atom stereocenters. The minimum absolute atomic E-state index is 0.0378. The fraction of sp³-hybridized carbons (Fsp3) is 0.200. The van der Waals surface area contributed by atoms with Crippen LogP contribution in [0.2, 0.25) is 0 Å². The maximum Gasteiger partial charge on any atom is 0.419 e. The van der Waals surface area contributed by atoms with Crippen LogP contribution in [0.25, 0.3) is 11.0 Å². The second kappa shape index (κ2) is 10.8. The Kier molecular flexibility index (Phi) is 7.34. The average molecular weight is 467 g/mol. The lowest BCUT2D eigenvalue weighted by Crippen LogP contribution is -2.17. The number of benzene rings is 2. The highest BCUT2D eigenvalue weighted by Crippen LogP contribution is 2.37. The number of aromatic nitrogens is 1. The number of aryl methyl sites for hydroxylation is 1. The summed E-state index contributed by atoms with van der Waals surface area (Å²) in [5.74, 6) is -1.10. The molecule has 9 heteroatoms. The number of halogens is 2. The minimum atomic E-state index is -0.963. The number of carbonyl (C=O) groups excluding carboxylic acids is 1. The highest BCUT2D eigenvalue weighted by atomic mass is 19.1. The number of hydrogen-bond acceptors (Lipinski definition) is 6. The molecule has 0 aliphatic rings. The number of pyridine rings is 1. The lowest BCUT2D eigenvalue weighted by atomic mass is 10.1. The van der Waals surface area contributed by atoms with Gasteiger partial charge in [0.2, 0.25) is 0 Å². The lowest BCUT2D eigenvalue weighted by Gasteiger charge is -2.08. The molecule has 2 aromatic heterocycles. The van der Waals surface area contributed by atoms with E-state index in [1.54, 1.807) is 25.3 Å². The van der Waals surface area contributed by atoms with E-state index in [2.05, 4.69) is 15.6 Å². The first-order valence-corrected chi connectivity index (χ1v) is 10.7. The van der Waals surface area contributed by atoms with E-state index >= 15 is 0 Å². The van der Waals surface area contributed by atoms with E-state index in [0.717, 1.165) is 37.2 Å². The fourth-order valence-corrected chi connectivity index (χ4v) is 3.39. The van der Waals surface area contributed by atoms with Crippen LogP contribution in [0, 0.1) is 18.6 Å². The Morgan fingerprint density at radius 3 is 2.82 bits per heavy atom. The van der Waals surface area contributed by atoms with Crippen molar-refractivity contribution >= 4 is 22.7 Å². The molecule has 0 fully saturated rings. The predicted molar refractivity (Wildman–Crippen MR) is 123 cm³/mol. The van der Waals surface area contributed by atoms with E-state index in [1.807, 2.05) is 24.4 Å². The zero-order chi connectivity index (χ0) is 23.9. The standard InChI is InChI=1S/C25H23F2N3O4/c1-16-23-21(32-12-4-11-29-15-17-5-3-10-28-14-17)6-2-7-22(23)33-24(16)34-25(31)30-20-9-8-18(26)13-19(20)27/h2-3,5-10,13-14,29H,4,11-12,15H2,1H3,(H,30,31). The van der Waals surface area contributed by atoms with Gasteiger partial charge in [0, 0.05) is 30.6 Å². The summed E-state index contributed by atoms with van der Waals surface area (Å²) in [6, 6.07) is 12.0. The Morgan fingerprint density at radius 1 is 1.15 bits per heavy atom. The van der Waals surface area contributed by atoms with Gasteiger partial charge in [-0.25, -0.2) is 13.6 Å². The largest absolute Gasteiger partial charge is 0.493 e. The molecule has 2 aromatic carbocycles. The number of amides is 1. The third kappa shape index (κ3) is 5.68. The summed E-state index contributed by atoms with van der Waals surface area (Å²) in [5.41, 5.74) is 1.96. The van der Waals surface area contributed by atoms with Gasteiger partial charge in [-0.1, -0.05) is 12.1 Å². The topological polar surface area (TPSA) is 85.6 Å². The number of nitrogens with one attached hydrogen (secondary N) is 2. The normalized spacial score (nSPS) is 10.9. The summed E-state index contributed by atoms with van der Waals surface area (Å²) in [4.78, 5) is 16.3. The molecule has 0 spiro atoms. The number of nitrogens with zero attached hydrogens (tertiary/aromatic N) is 1. The number of carbonyl (C=O) groups is 1. The van der Waals surface area contributed by atoms with Gasteiger partial charge in [0.15, 0.2) is 0 Å². The smallest absolute Gasteiger partial charge is 0.419 e. The summed E-state index contributed by atoms with van der Waals surface area (Å²) in [7, 11) is 0. The second-order valence-electron chi connectivity index (χ2n) is 7.52. The molecule has 0 radical (unpaired) electrons. The molecule has 0 saturated heterocycles. The zero-order valence-corrected chi connectivity index (χ0v) is 18.4. The number of fused-ring (bicyclic) bond motifs is 1. The van der Waals surface area contributed by atoms with Crippen molar-refractivity contribution in [2.75, 3.05) is 18.5 Å². The number of rotatable bonds is 9. The van der Waals surface area contributed by atoms with Crippen LogP contribution in [0.4, 0.5) is 19.3 Å². The molecule has 4 rings (SSSR count). The maximum atomic E-state index is 13.8. The summed E-state index contributed by atoms with van der Waals surface area (Å²) in [6.07, 6.45) is 3.38. The van der Waals surface area contributed by atoms with Crippen molar-refractivity contribution in [2.24, 2.45) is 0 Å². The maximum absolute atomic E-state index is 13.8. The molecule has 2 N–H and O–H groups in total. The monoisotopic (exact) mass is 467 g/mol. The molecule has 0 aliphatic heterocycles. The van der Waals surface area contributed by atoms with Gasteiger partial charge >= 0.3 is 6.09 Å². The average Bonchev–Trinajstić information content (AvgIpc) is 3.14. The minimum Gasteiger partial charge on any atom is -0.493 e. The van der Waals surface area contributed by atoms with Crippen LogP contribution >= 0.6 is 0 Å². The van der Waals surface area contributed by atoms with Crippen LogP contribution in [0.1, 0.15) is 17.5 Å². The molecule has 0 saturated carbocycles. The first kappa shape index (κ1) is 23.2. The van der Waals surface area contributed by atoms with Crippen LogP contribution in [-0.4, -0.2) is 24.2 Å². The fourth-order valence-electron chi connectivity index (χ4n) is 3.39. The number of ether oxygens (including phenoxy) is 2. The highest BCUT2D eigenvalue weighted by molar-refractivity contribution is 5.91. The molecule has 176 valence electrons. The van der Waals surface area contributed by atoms with Crippen molar-refractivity contribution in [2.45, 2.75) is 19.9 Å². The van der Waals surface area contributed by atoms with Gasteiger partial charge in [-0.05, 0) is 55.8 Å². The Balaban J connectivity index is 1.34. The predicted octanol–water partition coefficient (Wildman–Crippen LogP) is 5.58. The van der Waals surface area contributed by atoms with Crippen molar-refractivity contribution in [3.63, 3.8) is 0 Å². The van der Waals surface area contributed by atoms with E-state index in [9.17, 15) is 13.6 Å². The van der Waals surface area contributed by atoms with Gasteiger partial charge < -0.3 is 19.2 Å². The molecule has 4 aromatic rings. The van der Waals surface area contributed by atoms with Crippen LogP contribution in [-0.2, 0) is 6.54 Å². The molecular formula is C25H23F2N3O4. The van der Waals surface area contributed by atoms with Crippen LogP contribution in [0.15, 0.2) is 65.3 Å². The van der Waals surface area contributed by atoms with Crippen molar-refractivity contribution in [1.29, 1.82) is 0 Å². The van der Waals surface area contributed by atoms with Crippen molar-refractivity contribution < 1.29 is 27.5 Å². The molecule has 34 heavy (non-hydrogen) atoms. The van der Waals surface area contributed by atoms with Gasteiger partial charge in [-0.15, -0.1) is 0 Å². The van der Waals surface area contributed by atoms with Gasteiger partial charge in [0.25, 0.3) is 5.95 Å². The van der Waals surface area contributed by atoms with Gasteiger partial charge in [0.05, 0.1) is 17.7 Å². The van der Waals surface area contributed by atoms with Crippen LogP contribution in [0.3, 0.4) is 0 Å². The molecule has 7 nitrogen and oxygen atoms in total. The molecule has 1 amide bonds. The Bertz CT molecular complexity index is 1280. The second-order valence-corrected chi connectivity index (χ2v) is 7.52. The zero-order valence-electron chi connectivity index (χ0n) is 18.4. The van der Waals surface area contributed by atoms with Gasteiger partial charge in [-0.2, -0.15) is 0 Å². The number of furan rings is 1. The number of anilines is 1. The summed E-state index contributed by atoms with van der Waals surface area (Å²) in [6.45, 7) is 3.71. The summed E-state index contributed by atoms with van der Waals surface area (Å²) < 4.78 is 43.6. The first-order valence-electron chi connectivity index (χ1n) is 10.7. The quantitative estimate of drug-likeness (QED) is 0.313. The first-order chi connectivity index (χ1) is 16.5. The van der Waals surface area contributed by atoms with E-state index in [4.69, 9.17) is 13.9 Å². The SMILES string of the molecule is Cc1c(OC(=O)Nc2ccc(F)cc2F)oc2cccc(OCCCNCc3cccnc3)c12. The van der Waals surface area contributed by atoms with E-state index in [0.29, 0.717) is 35.0 Å². The van der Waals surface area contributed by atoms with Crippen molar-refractivity contribution in [3.8, 4) is 11.7 Å². The molecule has 0 unspecified atom stereocenters. The van der Waals surface area contributed by atoms with E-state index in [1.165, 1.54) is 0 Å². The summed E-state index contributed by atoms with van der Waals surface area (Å²) >= 11 is 0. The third-order valence-corrected chi connectivity index (χ3v) is 5.03. The Labute approximate surface area is 194 Å². The van der Waals surface area contributed by atoms with Crippen LogP contribution < -0.4 is 20.1 Å². The van der Waals surface area contributed by atoms with Crippen molar-refractivity contribution in [1.82, 2.24) is 10.3 Å². The van der Waals surface area contributed by atoms with Gasteiger partial charge in [-0.3, -0.25) is 10.3 Å². The molecule has 2 heterocycles. The Morgan fingerprint density at radius 2 is 2.03 bits per heavy atom. The van der Waals surface area contributed by atoms with Crippen molar-refractivity contribution in [3.05, 3.63) is 83.7 Å².